The number of hydrogen-bond donors (Lipinski definition) is 2. The van der Waals surface area contributed by atoms with Gasteiger partial charge in [0.15, 0.2) is 0 Å². The van der Waals surface area contributed by atoms with Crippen molar-refractivity contribution >= 4 is 17.8 Å². The number of piperidine rings is 1. The van der Waals surface area contributed by atoms with Crippen LogP contribution >= 0.6 is 0 Å². The standard InChI is InChI=1S/C19H27N3O4/c1-4-26-19(25)15-11(2)16(20-12(15)3)17(23)21-14-7-9-22(10-8-14)18(24)13-5-6-13/h13-14,20H,4-10H2,1-3H3,(H,21,23). The minimum Gasteiger partial charge on any atom is -0.462 e. The molecule has 3 rings (SSSR count). The van der Waals surface area contributed by atoms with Crippen molar-refractivity contribution in [3.05, 3.63) is 22.5 Å². The van der Waals surface area contributed by atoms with Gasteiger partial charge in [-0.15, -0.1) is 0 Å². The zero-order valence-corrected chi connectivity index (χ0v) is 15.7. The first-order chi connectivity index (χ1) is 12.4. The predicted octanol–water partition coefficient (Wildman–Crippen LogP) is 1.94. The molecule has 1 saturated heterocycles. The summed E-state index contributed by atoms with van der Waals surface area (Å²) in [7, 11) is 0. The SMILES string of the molecule is CCOC(=O)c1c(C)[nH]c(C(=O)NC2CCN(C(=O)C3CC3)CC2)c1C. The third-order valence-corrected chi connectivity index (χ3v) is 5.21. The van der Waals surface area contributed by atoms with Gasteiger partial charge in [-0.25, -0.2) is 4.79 Å². The molecule has 0 unspecified atom stereocenters. The van der Waals surface area contributed by atoms with Crippen molar-refractivity contribution in [2.75, 3.05) is 19.7 Å². The Labute approximate surface area is 153 Å². The third kappa shape index (κ3) is 3.76. The van der Waals surface area contributed by atoms with E-state index in [1.54, 1.807) is 20.8 Å². The van der Waals surface area contributed by atoms with Crippen LogP contribution in [0.25, 0.3) is 0 Å². The molecule has 0 bridgehead atoms. The van der Waals surface area contributed by atoms with Gasteiger partial charge in [-0.1, -0.05) is 0 Å². The number of amides is 2. The lowest BCUT2D eigenvalue weighted by Gasteiger charge is -2.32. The second-order valence-electron chi connectivity index (χ2n) is 7.19. The molecule has 1 saturated carbocycles. The number of rotatable bonds is 5. The molecule has 7 heteroatoms. The van der Waals surface area contributed by atoms with Crippen LogP contribution < -0.4 is 5.32 Å². The van der Waals surface area contributed by atoms with Gasteiger partial charge in [0, 0.05) is 30.7 Å². The summed E-state index contributed by atoms with van der Waals surface area (Å²) in [5.74, 6) is -0.116. The molecule has 2 N–H and O–H groups in total. The Morgan fingerprint density at radius 1 is 1.15 bits per heavy atom. The molecule has 1 aliphatic carbocycles. The third-order valence-electron chi connectivity index (χ3n) is 5.21. The van der Waals surface area contributed by atoms with Gasteiger partial charge in [0.2, 0.25) is 5.91 Å². The van der Waals surface area contributed by atoms with Gasteiger partial charge in [0.1, 0.15) is 5.69 Å². The predicted molar refractivity (Wildman–Crippen MR) is 96.0 cm³/mol. The van der Waals surface area contributed by atoms with E-state index < -0.39 is 5.97 Å². The maximum Gasteiger partial charge on any atom is 0.340 e. The number of carbonyl (C=O) groups is 3. The summed E-state index contributed by atoms with van der Waals surface area (Å²) in [6, 6.07) is 0.0415. The lowest BCUT2D eigenvalue weighted by Crippen LogP contribution is -2.47. The quantitative estimate of drug-likeness (QED) is 0.784. The molecular formula is C19H27N3O4. The van der Waals surface area contributed by atoms with Crippen LogP contribution in [0.3, 0.4) is 0 Å². The normalized spacial score (nSPS) is 17.9. The van der Waals surface area contributed by atoms with Crippen LogP contribution in [0.4, 0.5) is 0 Å². The van der Waals surface area contributed by atoms with Crippen molar-refractivity contribution in [1.29, 1.82) is 0 Å². The Morgan fingerprint density at radius 2 is 1.81 bits per heavy atom. The Kier molecular flexibility index (Phi) is 5.34. The Balaban J connectivity index is 1.59. The molecule has 2 aliphatic rings. The lowest BCUT2D eigenvalue weighted by molar-refractivity contribution is -0.133. The summed E-state index contributed by atoms with van der Waals surface area (Å²) < 4.78 is 5.06. The van der Waals surface area contributed by atoms with Gasteiger partial charge in [-0.3, -0.25) is 9.59 Å². The Hall–Kier alpha value is -2.31. The number of aryl methyl sites for hydroxylation is 1. The number of carbonyl (C=O) groups excluding carboxylic acids is 3. The Morgan fingerprint density at radius 3 is 2.38 bits per heavy atom. The first-order valence-electron chi connectivity index (χ1n) is 9.38. The van der Waals surface area contributed by atoms with E-state index in [9.17, 15) is 14.4 Å². The molecule has 26 heavy (non-hydrogen) atoms. The zero-order chi connectivity index (χ0) is 18.8. The minimum atomic E-state index is -0.412. The van der Waals surface area contributed by atoms with Crippen molar-refractivity contribution in [2.45, 2.75) is 52.5 Å². The smallest absolute Gasteiger partial charge is 0.340 e. The van der Waals surface area contributed by atoms with Gasteiger partial charge in [-0.2, -0.15) is 0 Å². The summed E-state index contributed by atoms with van der Waals surface area (Å²) in [5, 5.41) is 3.03. The number of nitrogens with zero attached hydrogens (tertiary/aromatic N) is 1. The van der Waals surface area contributed by atoms with Gasteiger partial charge in [0.05, 0.1) is 12.2 Å². The molecule has 2 heterocycles. The van der Waals surface area contributed by atoms with E-state index in [-0.39, 0.29) is 23.8 Å². The van der Waals surface area contributed by atoms with Gasteiger partial charge >= 0.3 is 5.97 Å². The number of aromatic amines is 1. The van der Waals surface area contributed by atoms with E-state index in [1.165, 1.54) is 0 Å². The lowest BCUT2D eigenvalue weighted by atomic mass is 10.0. The fraction of sp³-hybridized carbons (Fsp3) is 0.632. The highest BCUT2D eigenvalue weighted by Gasteiger charge is 2.35. The molecule has 7 nitrogen and oxygen atoms in total. The van der Waals surface area contributed by atoms with Crippen LogP contribution in [-0.2, 0) is 9.53 Å². The molecule has 1 aromatic rings. The van der Waals surface area contributed by atoms with Crippen molar-refractivity contribution < 1.29 is 19.1 Å². The number of esters is 1. The fourth-order valence-electron chi connectivity index (χ4n) is 3.58. The number of H-pyrrole nitrogens is 1. The number of likely N-dealkylation sites (tertiary alicyclic amines) is 1. The van der Waals surface area contributed by atoms with E-state index in [0.717, 1.165) is 25.7 Å². The first-order valence-corrected chi connectivity index (χ1v) is 9.38. The summed E-state index contributed by atoms with van der Waals surface area (Å²) in [6.45, 7) is 6.94. The van der Waals surface area contributed by atoms with E-state index in [1.807, 2.05) is 4.90 Å². The van der Waals surface area contributed by atoms with Crippen LogP contribution in [0.15, 0.2) is 0 Å². The molecule has 2 fully saturated rings. The Bertz CT molecular complexity index is 713. The van der Waals surface area contributed by atoms with Crippen LogP contribution in [-0.4, -0.2) is 53.4 Å². The minimum absolute atomic E-state index is 0.0415. The van der Waals surface area contributed by atoms with E-state index in [0.29, 0.717) is 42.2 Å². The maximum absolute atomic E-state index is 12.6. The van der Waals surface area contributed by atoms with Crippen molar-refractivity contribution in [2.24, 2.45) is 5.92 Å². The van der Waals surface area contributed by atoms with Crippen molar-refractivity contribution in [1.82, 2.24) is 15.2 Å². The van der Waals surface area contributed by atoms with Gasteiger partial charge in [0.25, 0.3) is 5.91 Å². The highest BCUT2D eigenvalue weighted by atomic mass is 16.5. The van der Waals surface area contributed by atoms with Crippen LogP contribution in [0, 0.1) is 19.8 Å². The van der Waals surface area contributed by atoms with Crippen molar-refractivity contribution in [3.8, 4) is 0 Å². The molecule has 1 aliphatic heterocycles. The van der Waals surface area contributed by atoms with Gasteiger partial charge in [-0.05, 0) is 52.0 Å². The topological polar surface area (TPSA) is 91.5 Å². The molecule has 142 valence electrons. The number of aromatic nitrogens is 1. The van der Waals surface area contributed by atoms with E-state index >= 15 is 0 Å². The summed E-state index contributed by atoms with van der Waals surface area (Å²) >= 11 is 0. The number of hydrogen-bond acceptors (Lipinski definition) is 4. The van der Waals surface area contributed by atoms with Crippen LogP contribution in [0.2, 0.25) is 0 Å². The summed E-state index contributed by atoms with van der Waals surface area (Å²) in [4.78, 5) is 41.7. The molecule has 0 spiro atoms. The molecule has 2 amide bonds. The number of ether oxygens (including phenoxy) is 1. The van der Waals surface area contributed by atoms with E-state index in [4.69, 9.17) is 4.74 Å². The molecule has 1 aromatic heterocycles. The molecule has 0 aromatic carbocycles. The second-order valence-corrected chi connectivity index (χ2v) is 7.19. The monoisotopic (exact) mass is 361 g/mol. The van der Waals surface area contributed by atoms with E-state index in [2.05, 4.69) is 10.3 Å². The van der Waals surface area contributed by atoms with Crippen LogP contribution in [0.5, 0.6) is 0 Å². The molecule has 0 radical (unpaired) electrons. The highest BCUT2D eigenvalue weighted by Crippen LogP contribution is 2.32. The summed E-state index contributed by atoms with van der Waals surface area (Å²) in [6.07, 6.45) is 3.55. The average molecular weight is 361 g/mol. The fourth-order valence-corrected chi connectivity index (χ4v) is 3.58. The van der Waals surface area contributed by atoms with Gasteiger partial charge < -0.3 is 19.9 Å². The highest BCUT2D eigenvalue weighted by molar-refractivity contribution is 6.00. The van der Waals surface area contributed by atoms with Crippen LogP contribution in [0.1, 0.15) is 64.7 Å². The largest absolute Gasteiger partial charge is 0.462 e. The maximum atomic E-state index is 12.6. The number of nitrogens with one attached hydrogen (secondary N) is 2. The zero-order valence-electron chi connectivity index (χ0n) is 15.7. The second kappa shape index (κ2) is 7.51. The van der Waals surface area contributed by atoms with Crippen molar-refractivity contribution in [3.63, 3.8) is 0 Å². The summed E-state index contributed by atoms with van der Waals surface area (Å²) in [5.41, 5.74) is 2.08. The average Bonchev–Trinajstić information content (AvgIpc) is 3.40. The first kappa shape index (κ1) is 18.5. The molecular weight excluding hydrogens is 334 g/mol. The molecule has 0 atom stereocenters.